The van der Waals surface area contributed by atoms with Crippen LogP contribution >= 0.6 is 34.5 Å². The minimum Gasteiger partial charge on any atom is -0.489 e. The fraction of sp³-hybridized carbons (Fsp3) is 0.0833. The summed E-state index contributed by atoms with van der Waals surface area (Å²) >= 11 is 13.4. The molecule has 0 aliphatic carbocycles. The van der Waals surface area contributed by atoms with Crippen molar-refractivity contribution in [2.45, 2.75) is 13.5 Å². The Morgan fingerprint density at radius 3 is 2.26 bits per heavy atom. The second kappa shape index (κ2) is 9.96. The van der Waals surface area contributed by atoms with E-state index in [9.17, 15) is 0 Å². The van der Waals surface area contributed by atoms with Gasteiger partial charge < -0.3 is 4.74 Å². The SMILES string of the molecule is C/C(=N/Nc1nc(-c2ccc(Cl)cc2)cs1)c1ccc(OCc2ccc(Cl)cc2)cc1. The molecular weight excluding hydrogens is 449 g/mol. The second-order valence-electron chi connectivity index (χ2n) is 6.79. The lowest BCUT2D eigenvalue weighted by atomic mass is 10.1. The number of nitrogens with zero attached hydrogens (tertiary/aromatic N) is 2. The van der Waals surface area contributed by atoms with Crippen LogP contribution < -0.4 is 10.2 Å². The maximum atomic E-state index is 5.95. The van der Waals surface area contributed by atoms with Gasteiger partial charge >= 0.3 is 0 Å². The number of halogens is 2. The van der Waals surface area contributed by atoms with Gasteiger partial charge in [0.2, 0.25) is 5.13 Å². The number of rotatable bonds is 7. The smallest absolute Gasteiger partial charge is 0.203 e. The quantitative estimate of drug-likeness (QED) is 0.225. The van der Waals surface area contributed by atoms with Crippen molar-refractivity contribution >= 4 is 45.4 Å². The van der Waals surface area contributed by atoms with Gasteiger partial charge in [0, 0.05) is 21.0 Å². The number of benzene rings is 3. The molecule has 0 fully saturated rings. The largest absolute Gasteiger partial charge is 0.489 e. The number of anilines is 1. The standard InChI is InChI=1S/C24H19Cl2N3OS/c1-16(28-29-24-27-23(15-31-24)19-4-10-21(26)11-5-19)18-6-12-22(13-7-18)30-14-17-2-8-20(25)9-3-17/h2-13,15H,14H2,1H3,(H,27,29)/b28-16-. The van der Waals surface area contributed by atoms with Gasteiger partial charge in [0.25, 0.3) is 0 Å². The van der Waals surface area contributed by atoms with Crippen molar-refractivity contribution in [3.63, 3.8) is 0 Å². The van der Waals surface area contributed by atoms with Crippen LogP contribution in [0.25, 0.3) is 11.3 Å². The molecule has 1 N–H and O–H groups in total. The van der Waals surface area contributed by atoms with E-state index in [4.69, 9.17) is 27.9 Å². The van der Waals surface area contributed by atoms with Crippen LogP contribution in [0.2, 0.25) is 10.0 Å². The molecule has 4 nitrogen and oxygen atoms in total. The zero-order valence-electron chi connectivity index (χ0n) is 16.7. The lowest BCUT2D eigenvalue weighted by Gasteiger charge is -2.08. The summed E-state index contributed by atoms with van der Waals surface area (Å²) in [4.78, 5) is 4.58. The van der Waals surface area contributed by atoms with Gasteiger partial charge in [-0.05, 0) is 66.6 Å². The summed E-state index contributed by atoms with van der Waals surface area (Å²) < 4.78 is 5.83. The summed E-state index contributed by atoms with van der Waals surface area (Å²) in [5, 5.41) is 8.60. The van der Waals surface area contributed by atoms with E-state index in [0.717, 1.165) is 44.0 Å². The Labute approximate surface area is 195 Å². The predicted molar refractivity (Wildman–Crippen MR) is 131 cm³/mol. The van der Waals surface area contributed by atoms with E-state index in [-0.39, 0.29) is 0 Å². The molecule has 1 heterocycles. The van der Waals surface area contributed by atoms with Crippen LogP contribution in [0.1, 0.15) is 18.1 Å². The Morgan fingerprint density at radius 2 is 1.58 bits per heavy atom. The Bertz CT molecular complexity index is 1170. The highest BCUT2D eigenvalue weighted by Crippen LogP contribution is 2.26. The van der Waals surface area contributed by atoms with Crippen molar-refractivity contribution in [3.8, 4) is 17.0 Å². The van der Waals surface area contributed by atoms with Crippen LogP contribution in [-0.2, 0) is 6.61 Å². The summed E-state index contributed by atoms with van der Waals surface area (Å²) in [7, 11) is 0. The summed E-state index contributed by atoms with van der Waals surface area (Å²) in [5.74, 6) is 0.798. The van der Waals surface area contributed by atoms with E-state index in [2.05, 4.69) is 15.5 Å². The van der Waals surface area contributed by atoms with Crippen molar-refractivity contribution in [1.82, 2.24) is 4.98 Å². The van der Waals surface area contributed by atoms with Crippen LogP contribution in [0.5, 0.6) is 5.75 Å². The molecule has 0 bridgehead atoms. The second-order valence-corrected chi connectivity index (χ2v) is 8.52. The Balaban J connectivity index is 1.35. The molecule has 7 heteroatoms. The first-order valence-electron chi connectivity index (χ1n) is 9.56. The van der Waals surface area contributed by atoms with Gasteiger partial charge in [0.1, 0.15) is 12.4 Å². The highest BCUT2D eigenvalue weighted by atomic mass is 35.5. The molecule has 0 atom stereocenters. The lowest BCUT2D eigenvalue weighted by Crippen LogP contribution is -2.00. The van der Waals surface area contributed by atoms with Gasteiger partial charge in [-0.25, -0.2) is 4.98 Å². The van der Waals surface area contributed by atoms with Gasteiger partial charge in [-0.3, -0.25) is 5.43 Å². The topological polar surface area (TPSA) is 46.5 Å². The third kappa shape index (κ3) is 5.85. The number of hydrazone groups is 1. The van der Waals surface area contributed by atoms with E-state index < -0.39 is 0 Å². The highest BCUT2D eigenvalue weighted by Gasteiger charge is 2.05. The fourth-order valence-corrected chi connectivity index (χ4v) is 3.73. The van der Waals surface area contributed by atoms with Crippen molar-refractivity contribution in [2.75, 3.05) is 5.43 Å². The first-order chi connectivity index (χ1) is 15.1. The zero-order valence-corrected chi connectivity index (χ0v) is 19.0. The molecule has 0 aliphatic rings. The molecule has 0 amide bonds. The molecule has 0 saturated heterocycles. The van der Waals surface area contributed by atoms with E-state index in [1.807, 2.05) is 85.1 Å². The minimum absolute atomic E-state index is 0.491. The predicted octanol–water partition coefficient (Wildman–Crippen LogP) is 7.53. The van der Waals surface area contributed by atoms with Crippen molar-refractivity contribution in [3.05, 3.63) is 99.3 Å². The monoisotopic (exact) mass is 467 g/mol. The molecule has 4 rings (SSSR count). The van der Waals surface area contributed by atoms with E-state index >= 15 is 0 Å². The molecule has 0 radical (unpaired) electrons. The van der Waals surface area contributed by atoms with Gasteiger partial charge in [-0.1, -0.05) is 47.5 Å². The van der Waals surface area contributed by atoms with Gasteiger partial charge in [0.15, 0.2) is 0 Å². The Hall–Kier alpha value is -2.86. The number of hydrogen-bond acceptors (Lipinski definition) is 5. The molecule has 0 spiro atoms. The molecule has 1 aromatic heterocycles. The summed E-state index contributed by atoms with van der Waals surface area (Å²) in [6, 6.07) is 23.1. The van der Waals surface area contributed by atoms with Gasteiger partial charge in [-0.15, -0.1) is 11.3 Å². The van der Waals surface area contributed by atoms with Crippen molar-refractivity contribution in [1.29, 1.82) is 0 Å². The Kier molecular flexibility index (Phi) is 6.87. The zero-order chi connectivity index (χ0) is 21.6. The van der Waals surface area contributed by atoms with Crippen molar-refractivity contribution in [2.24, 2.45) is 5.10 Å². The normalized spacial score (nSPS) is 11.4. The molecule has 0 saturated carbocycles. The van der Waals surface area contributed by atoms with E-state index in [1.165, 1.54) is 11.3 Å². The maximum absolute atomic E-state index is 5.95. The number of nitrogens with one attached hydrogen (secondary N) is 1. The third-order valence-electron chi connectivity index (χ3n) is 4.55. The van der Waals surface area contributed by atoms with Crippen LogP contribution in [0.15, 0.2) is 83.3 Å². The molecule has 31 heavy (non-hydrogen) atoms. The van der Waals surface area contributed by atoms with E-state index in [1.54, 1.807) is 0 Å². The minimum atomic E-state index is 0.491. The lowest BCUT2D eigenvalue weighted by molar-refractivity contribution is 0.306. The average molecular weight is 468 g/mol. The molecule has 0 unspecified atom stereocenters. The third-order valence-corrected chi connectivity index (χ3v) is 5.81. The first-order valence-corrected chi connectivity index (χ1v) is 11.2. The summed E-state index contributed by atoms with van der Waals surface area (Å²) in [6.45, 7) is 2.44. The first kappa shape index (κ1) is 21.4. The summed E-state index contributed by atoms with van der Waals surface area (Å²) in [6.07, 6.45) is 0. The van der Waals surface area contributed by atoms with Crippen LogP contribution in [-0.4, -0.2) is 10.7 Å². The molecule has 3 aromatic carbocycles. The highest BCUT2D eigenvalue weighted by molar-refractivity contribution is 7.14. The maximum Gasteiger partial charge on any atom is 0.203 e. The van der Waals surface area contributed by atoms with E-state index in [0.29, 0.717) is 11.6 Å². The van der Waals surface area contributed by atoms with Gasteiger partial charge in [0.05, 0.1) is 11.4 Å². The number of ether oxygens (including phenoxy) is 1. The molecular formula is C24H19Cl2N3OS. The average Bonchev–Trinajstić information content (AvgIpc) is 3.27. The van der Waals surface area contributed by atoms with Crippen LogP contribution in [0.4, 0.5) is 5.13 Å². The van der Waals surface area contributed by atoms with Crippen molar-refractivity contribution < 1.29 is 4.74 Å². The number of hydrogen-bond donors (Lipinski definition) is 1. The van der Waals surface area contributed by atoms with Crippen LogP contribution in [0, 0.1) is 0 Å². The fourth-order valence-electron chi connectivity index (χ4n) is 2.81. The number of aromatic nitrogens is 1. The van der Waals surface area contributed by atoms with Crippen LogP contribution in [0.3, 0.4) is 0 Å². The molecule has 4 aromatic rings. The molecule has 0 aliphatic heterocycles. The van der Waals surface area contributed by atoms with Gasteiger partial charge in [-0.2, -0.15) is 5.10 Å². The molecule has 156 valence electrons. The Morgan fingerprint density at radius 1 is 0.935 bits per heavy atom. The number of thiazole rings is 1. The summed E-state index contributed by atoms with van der Waals surface area (Å²) in [5.41, 5.74) is 7.86.